The number of thiazole rings is 1. The molecule has 0 aliphatic rings. The monoisotopic (exact) mass is 504 g/mol. The second kappa shape index (κ2) is 12.0. The summed E-state index contributed by atoms with van der Waals surface area (Å²) in [6.07, 6.45) is 3.44. The number of nitrogens with zero attached hydrogens (tertiary/aromatic N) is 3. The lowest BCUT2D eigenvalue weighted by atomic mass is 10.1. The third-order valence-electron chi connectivity index (χ3n) is 6.13. The van der Waals surface area contributed by atoms with Crippen molar-refractivity contribution in [3.05, 3.63) is 76.6 Å². The number of aryl methyl sites for hydroxylation is 2. The van der Waals surface area contributed by atoms with Gasteiger partial charge >= 0.3 is 0 Å². The lowest BCUT2D eigenvalue weighted by Crippen LogP contribution is -2.25. The number of carbonyl (C=O) groups excluding carboxylic acids is 1. The quantitative estimate of drug-likeness (QED) is 0.280. The van der Waals surface area contributed by atoms with Gasteiger partial charge in [0.05, 0.1) is 24.1 Å². The van der Waals surface area contributed by atoms with E-state index in [0.29, 0.717) is 18.7 Å². The van der Waals surface area contributed by atoms with Crippen molar-refractivity contribution in [2.45, 2.75) is 33.2 Å². The number of methoxy groups -OCH3 is 2. The number of hydrogen-bond acceptors (Lipinski definition) is 6. The summed E-state index contributed by atoms with van der Waals surface area (Å²) in [6, 6.07) is 14.1. The molecule has 0 aliphatic carbocycles. The van der Waals surface area contributed by atoms with Gasteiger partial charge in [-0.2, -0.15) is 0 Å². The number of carbonyl (C=O) groups is 1. The Kier molecular flexibility index (Phi) is 8.51. The first kappa shape index (κ1) is 25.6. The second-order valence-electron chi connectivity index (χ2n) is 8.61. The summed E-state index contributed by atoms with van der Waals surface area (Å²) >= 11 is 1.58. The number of hydrogen-bond donors (Lipinski definition) is 1. The molecule has 1 amide bonds. The largest absolute Gasteiger partial charge is 0.497 e. The summed E-state index contributed by atoms with van der Waals surface area (Å²) in [5.74, 6) is 0.760. The Labute approximate surface area is 216 Å². The van der Waals surface area contributed by atoms with Gasteiger partial charge in [-0.15, -0.1) is 11.3 Å². The molecule has 0 atom stereocenters. The lowest BCUT2D eigenvalue weighted by Gasteiger charge is -2.12. The van der Waals surface area contributed by atoms with Crippen LogP contribution in [0.1, 0.15) is 33.7 Å². The van der Waals surface area contributed by atoms with Crippen LogP contribution in [-0.4, -0.2) is 47.8 Å². The van der Waals surface area contributed by atoms with Crippen molar-refractivity contribution in [1.29, 1.82) is 0 Å². The molecule has 0 saturated heterocycles. The second-order valence-corrected chi connectivity index (χ2v) is 9.46. The van der Waals surface area contributed by atoms with Crippen molar-refractivity contribution in [3.63, 3.8) is 0 Å². The van der Waals surface area contributed by atoms with Gasteiger partial charge in [0.1, 0.15) is 10.8 Å². The van der Waals surface area contributed by atoms with Gasteiger partial charge in [0, 0.05) is 55.3 Å². The van der Waals surface area contributed by atoms with E-state index < -0.39 is 0 Å². The third kappa shape index (κ3) is 6.01. The Morgan fingerprint density at radius 2 is 1.92 bits per heavy atom. The molecule has 1 aromatic carbocycles. The predicted molar refractivity (Wildman–Crippen MR) is 144 cm³/mol. The number of benzene rings is 1. The van der Waals surface area contributed by atoms with Crippen LogP contribution < -0.4 is 10.1 Å². The molecule has 1 N–H and O–H groups in total. The molecule has 0 bridgehead atoms. The van der Waals surface area contributed by atoms with E-state index in [0.717, 1.165) is 58.5 Å². The highest BCUT2D eigenvalue weighted by molar-refractivity contribution is 7.13. The molecule has 0 unspecified atom stereocenters. The Morgan fingerprint density at radius 3 is 2.61 bits per heavy atom. The molecule has 3 aromatic heterocycles. The molecule has 36 heavy (non-hydrogen) atoms. The average Bonchev–Trinajstić information content (AvgIpc) is 3.51. The number of aromatic nitrogens is 3. The first-order valence-electron chi connectivity index (χ1n) is 12.0. The highest BCUT2D eigenvalue weighted by Gasteiger charge is 2.20. The Hall–Kier alpha value is -3.49. The molecular weight excluding hydrogens is 472 g/mol. The van der Waals surface area contributed by atoms with Crippen LogP contribution in [0.5, 0.6) is 5.75 Å². The van der Waals surface area contributed by atoms with E-state index >= 15 is 0 Å². The minimum Gasteiger partial charge on any atom is -0.497 e. The third-order valence-corrected chi connectivity index (χ3v) is 7.02. The van der Waals surface area contributed by atoms with E-state index in [4.69, 9.17) is 14.5 Å². The molecule has 0 radical (unpaired) electrons. The van der Waals surface area contributed by atoms with E-state index in [1.165, 1.54) is 5.56 Å². The summed E-state index contributed by atoms with van der Waals surface area (Å²) in [7, 11) is 3.33. The smallest absolute Gasteiger partial charge is 0.253 e. The molecule has 0 aliphatic heterocycles. The van der Waals surface area contributed by atoms with Gasteiger partial charge in [-0.1, -0.05) is 12.1 Å². The Bertz CT molecular complexity index is 1290. The van der Waals surface area contributed by atoms with E-state index in [1.54, 1.807) is 25.6 Å². The van der Waals surface area contributed by atoms with Crippen LogP contribution in [0.4, 0.5) is 0 Å². The average molecular weight is 505 g/mol. The van der Waals surface area contributed by atoms with Crippen LogP contribution in [0.15, 0.2) is 54.0 Å². The number of rotatable bonds is 11. The highest BCUT2D eigenvalue weighted by atomic mass is 32.1. The van der Waals surface area contributed by atoms with Crippen LogP contribution in [0.3, 0.4) is 0 Å². The van der Waals surface area contributed by atoms with Crippen molar-refractivity contribution in [2.75, 3.05) is 27.4 Å². The maximum atomic E-state index is 13.0. The molecule has 4 aromatic rings. The standard InChI is InChI=1S/C28H32N4O3S/c1-19-6-9-22(17-30-19)28-31-25(18-36-28)26-16-24(27(33)29-13-5-15-34-3)20(2)32(26)14-12-21-7-10-23(35-4)11-8-21/h6-11,16-18H,5,12-15H2,1-4H3,(H,29,33). The van der Waals surface area contributed by atoms with E-state index in [9.17, 15) is 4.79 Å². The molecule has 0 saturated carbocycles. The molecule has 0 spiro atoms. The first-order valence-corrected chi connectivity index (χ1v) is 12.9. The van der Waals surface area contributed by atoms with Gasteiger partial charge in [-0.05, 0) is 62.6 Å². The first-order chi connectivity index (χ1) is 17.5. The molecule has 4 rings (SSSR count). The van der Waals surface area contributed by atoms with Crippen molar-refractivity contribution in [2.24, 2.45) is 0 Å². The number of pyridine rings is 1. The summed E-state index contributed by atoms with van der Waals surface area (Å²) in [5, 5.41) is 5.97. The molecule has 188 valence electrons. The summed E-state index contributed by atoms with van der Waals surface area (Å²) in [4.78, 5) is 22.3. The maximum Gasteiger partial charge on any atom is 0.253 e. The fraction of sp³-hybridized carbons (Fsp3) is 0.321. The zero-order chi connectivity index (χ0) is 25.5. The summed E-state index contributed by atoms with van der Waals surface area (Å²) < 4.78 is 12.6. The van der Waals surface area contributed by atoms with Gasteiger partial charge in [-0.25, -0.2) is 4.98 Å². The van der Waals surface area contributed by atoms with Crippen molar-refractivity contribution in [3.8, 4) is 27.7 Å². The van der Waals surface area contributed by atoms with Crippen molar-refractivity contribution in [1.82, 2.24) is 19.9 Å². The van der Waals surface area contributed by atoms with Gasteiger partial charge in [-0.3, -0.25) is 9.78 Å². The SMILES string of the molecule is COCCCNC(=O)c1cc(-c2csc(-c3ccc(C)nc3)n2)n(CCc2ccc(OC)cc2)c1C. The number of amides is 1. The van der Waals surface area contributed by atoms with Gasteiger partial charge in [0.15, 0.2) is 0 Å². The fourth-order valence-corrected chi connectivity index (χ4v) is 4.85. The minimum absolute atomic E-state index is 0.0776. The molecule has 8 heteroatoms. The van der Waals surface area contributed by atoms with Gasteiger partial charge < -0.3 is 19.4 Å². The highest BCUT2D eigenvalue weighted by Crippen LogP contribution is 2.31. The summed E-state index contributed by atoms with van der Waals surface area (Å²) in [5.41, 5.74) is 6.54. The molecule has 3 heterocycles. The van der Waals surface area contributed by atoms with Crippen molar-refractivity contribution >= 4 is 17.2 Å². The fourth-order valence-electron chi connectivity index (χ4n) is 4.04. The lowest BCUT2D eigenvalue weighted by molar-refractivity contribution is 0.0948. The van der Waals surface area contributed by atoms with Gasteiger partial charge in [0.25, 0.3) is 5.91 Å². The maximum absolute atomic E-state index is 13.0. The van der Waals surface area contributed by atoms with Crippen LogP contribution in [0, 0.1) is 13.8 Å². The summed E-state index contributed by atoms with van der Waals surface area (Å²) in [6.45, 7) is 5.88. The molecule has 7 nitrogen and oxygen atoms in total. The van der Waals surface area contributed by atoms with Gasteiger partial charge in [0.2, 0.25) is 0 Å². The van der Waals surface area contributed by atoms with Crippen LogP contribution in [0.25, 0.3) is 22.0 Å². The topological polar surface area (TPSA) is 78.3 Å². The Balaban J connectivity index is 1.63. The zero-order valence-electron chi connectivity index (χ0n) is 21.2. The normalized spacial score (nSPS) is 11.0. The zero-order valence-corrected chi connectivity index (χ0v) is 22.0. The van der Waals surface area contributed by atoms with Crippen LogP contribution in [-0.2, 0) is 17.7 Å². The molecule has 0 fully saturated rings. The minimum atomic E-state index is -0.0776. The van der Waals surface area contributed by atoms with E-state index in [-0.39, 0.29) is 5.91 Å². The predicted octanol–water partition coefficient (Wildman–Crippen LogP) is 5.31. The van der Waals surface area contributed by atoms with E-state index in [1.807, 2.05) is 55.8 Å². The van der Waals surface area contributed by atoms with Crippen LogP contribution >= 0.6 is 11.3 Å². The number of nitrogens with one attached hydrogen (secondary N) is 1. The van der Waals surface area contributed by atoms with E-state index in [2.05, 4.69) is 27.0 Å². The van der Waals surface area contributed by atoms with Crippen LogP contribution in [0.2, 0.25) is 0 Å². The number of ether oxygens (including phenoxy) is 2. The van der Waals surface area contributed by atoms with Crippen molar-refractivity contribution < 1.29 is 14.3 Å². The Morgan fingerprint density at radius 1 is 1.11 bits per heavy atom. The molecular formula is C28H32N4O3S.